The summed E-state index contributed by atoms with van der Waals surface area (Å²) >= 11 is 1.60. The number of rotatable bonds is 5. The van der Waals surface area contributed by atoms with Crippen LogP contribution in [-0.2, 0) is 7.05 Å². The number of aromatic nitrogens is 3. The molecule has 1 aromatic heterocycles. The van der Waals surface area contributed by atoms with Crippen molar-refractivity contribution in [2.75, 3.05) is 12.8 Å². The second-order valence-corrected chi connectivity index (χ2v) is 5.43. The molecule has 17 heavy (non-hydrogen) atoms. The summed E-state index contributed by atoms with van der Waals surface area (Å²) in [6.07, 6.45) is 2.29. The van der Waals surface area contributed by atoms with Crippen LogP contribution in [0.1, 0.15) is 18.7 Å². The fourth-order valence-corrected chi connectivity index (χ4v) is 3.07. The zero-order chi connectivity index (χ0) is 12.5. The maximum Gasteiger partial charge on any atom is 0.191 e. The van der Waals surface area contributed by atoms with Gasteiger partial charge in [-0.1, -0.05) is 11.8 Å². The van der Waals surface area contributed by atoms with E-state index in [2.05, 4.69) is 21.6 Å². The number of aryl methyl sites for hydroxylation is 1. The van der Waals surface area contributed by atoms with Gasteiger partial charge >= 0.3 is 0 Å². The Hall–Kier alpha value is -1.06. The Balaban J connectivity index is 2.06. The van der Waals surface area contributed by atoms with Gasteiger partial charge in [0.05, 0.1) is 6.07 Å². The van der Waals surface area contributed by atoms with E-state index in [4.69, 9.17) is 0 Å². The molecule has 5 nitrogen and oxygen atoms in total. The fraction of sp³-hybridized carbons (Fsp3) is 0.727. The molecule has 0 radical (unpaired) electrons. The predicted octanol–water partition coefficient (Wildman–Crippen LogP) is 1.11. The molecule has 1 heterocycles. The lowest BCUT2D eigenvalue weighted by Crippen LogP contribution is -2.46. The van der Waals surface area contributed by atoms with E-state index in [1.807, 2.05) is 25.6 Å². The summed E-state index contributed by atoms with van der Waals surface area (Å²) in [5.74, 6) is 2.10. The Morgan fingerprint density at radius 2 is 2.29 bits per heavy atom. The number of hydrogen-bond acceptors (Lipinski definition) is 5. The molecule has 1 unspecified atom stereocenters. The van der Waals surface area contributed by atoms with Crippen LogP contribution in [-0.4, -0.2) is 33.1 Å². The maximum absolute atomic E-state index is 9.37. The van der Waals surface area contributed by atoms with Gasteiger partial charge in [0.1, 0.15) is 11.4 Å². The molecular formula is C11H17N5S. The highest BCUT2D eigenvalue weighted by Gasteiger charge is 2.44. The Labute approximate surface area is 106 Å². The summed E-state index contributed by atoms with van der Waals surface area (Å²) in [7, 11) is 3.81. The van der Waals surface area contributed by atoms with Gasteiger partial charge in [-0.3, -0.25) is 0 Å². The predicted molar refractivity (Wildman–Crippen MR) is 66.6 cm³/mol. The van der Waals surface area contributed by atoms with E-state index in [-0.39, 0.29) is 0 Å². The van der Waals surface area contributed by atoms with Crippen molar-refractivity contribution in [2.45, 2.75) is 30.5 Å². The minimum atomic E-state index is -0.412. The van der Waals surface area contributed by atoms with Gasteiger partial charge in [-0.25, -0.2) is 0 Å². The Kier molecular flexibility index (Phi) is 3.40. The summed E-state index contributed by atoms with van der Waals surface area (Å²) in [4.78, 5) is 0. The number of nitrogens with one attached hydrogen (secondary N) is 1. The first-order chi connectivity index (χ1) is 8.13. The van der Waals surface area contributed by atoms with Gasteiger partial charge in [-0.2, -0.15) is 5.26 Å². The molecule has 0 bridgehead atoms. The topological polar surface area (TPSA) is 66.5 Å². The highest BCUT2D eigenvalue weighted by Crippen LogP contribution is 2.41. The summed E-state index contributed by atoms with van der Waals surface area (Å²) in [6, 6.07) is 2.43. The Morgan fingerprint density at radius 3 is 2.71 bits per heavy atom. The molecule has 0 aromatic carbocycles. The van der Waals surface area contributed by atoms with Crippen molar-refractivity contribution in [3.05, 3.63) is 5.82 Å². The molecule has 1 aliphatic rings. The van der Waals surface area contributed by atoms with Gasteiger partial charge in [0.2, 0.25) is 0 Å². The van der Waals surface area contributed by atoms with Crippen LogP contribution in [0.3, 0.4) is 0 Å². The fourth-order valence-electron chi connectivity index (χ4n) is 1.84. The molecule has 0 saturated heterocycles. The Morgan fingerprint density at radius 1 is 1.59 bits per heavy atom. The molecule has 0 amide bonds. The summed E-state index contributed by atoms with van der Waals surface area (Å²) < 4.78 is 1.95. The van der Waals surface area contributed by atoms with Crippen LogP contribution in [0.2, 0.25) is 0 Å². The van der Waals surface area contributed by atoms with E-state index in [1.165, 1.54) is 0 Å². The molecule has 1 aliphatic carbocycles. The van der Waals surface area contributed by atoms with Crippen molar-refractivity contribution >= 4 is 11.8 Å². The van der Waals surface area contributed by atoms with Crippen LogP contribution in [0.4, 0.5) is 0 Å². The van der Waals surface area contributed by atoms with Gasteiger partial charge in [0.15, 0.2) is 5.16 Å². The highest BCUT2D eigenvalue weighted by molar-refractivity contribution is 7.99. The standard InChI is InChI=1S/C11H17N5S/c1-8-14-15-10(16(8)3)17-7-11(6-12,13-2)9-4-5-9/h9,13H,4-5,7H2,1-3H3. The number of thioether (sulfide) groups is 1. The van der Waals surface area contributed by atoms with E-state index >= 15 is 0 Å². The minimum absolute atomic E-state index is 0.412. The molecule has 1 fully saturated rings. The molecule has 6 heteroatoms. The van der Waals surface area contributed by atoms with Crippen molar-refractivity contribution in [1.82, 2.24) is 20.1 Å². The molecule has 1 N–H and O–H groups in total. The van der Waals surface area contributed by atoms with E-state index < -0.39 is 5.54 Å². The smallest absolute Gasteiger partial charge is 0.191 e. The largest absolute Gasteiger partial charge is 0.309 e. The van der Waals surface area contributed by atoms with Crippen LogP contribution in [0, 0.1) is 24.2 Å². The third-order valence-corrected chi connectivity index (χ3v) is 4.61. The van der Waals surface area contributed by atoms with Crippen LogP contribution < -0.4 is 5.32 Å². The number of nitriles is 1. The lowest BCUT2D eigenvalue weighted by atomic mass is 9.98. The van der Waals surface area contributed by atoms with Gasteiger partial charge in [-0.15, -0.1) is 10.2 Å². The third kappa shape index (κ3) is 2.31. The van der Waals surface area contributed by atoms with Crippen LogP contribution >= 0.6 is 11.8 Å². The lowest BCUT2D eigenvalue weighted by molar-refractivity contribution is 0.440. The van der Waals surface area contributed by atoms with Gasteiger partial charge in [0, 0.05) is 12.8 Å². The first-order valence-electron chi connectivity index (χ1n) is 5.72. The molecule has 1 aromatic rings. The highest BCUT2D eigenvalue weighted by atomic mass is 32.2. The quantitative estimate of drug-likeness (QED) is 0.794. The van der Waals surface area contributed by atoms with Crippen molar-refractivity contribution in [3.63, 3.8) is 0 Å². The monoisotopic (exact) mass is 251 g/mol. The molecule has 0 spiro atoms. The third-order valence-electron chi connectivity index (χ3n) is 3.40. The van der Waals surface area contributed by atoms with Crippen molar-refractivity contribution in [3.8, 4) is 6.07 Å². The summed E-state index contributed by atoms with van der Waals surface area (Å²) in [5.41, 5.74) is -0.412. The second-order valence-electron chi connectivity index (χ2n) is 4.48. The SMILES string of the molecule is CNC(C#N)(CSc1nnc(C)n1C)C1CC1. The first kappa shape index (κ1) is 12.4. The van der Waals surface area contributed by atoms with Crippen LogP contribution in [0.15, 0.2) is 5.16 Å². The average Bonchev–Trinajstić information content (AvgIpc) is 3.13. The van der Waals surface area contributed by atoms with E-state index in [9.17, 15) is 5.26 Å². The molecule has 0 aliphatic heterocycles. The normalized spacial score (nSPS) is 18.7. The zero-order valence-electron chi connectivity index (χ0n) is 10.4. The van der Waals surface area contributed by atoms with E-state index in [0.29, 0.717) is 5.92 Å². The maximum atomic E-state index is 9.37. The van der Waals surface area contributed by atoms with E-state index in [0.717, 1.165) is 29.6 Å². The zero-order valence-corrected chi connectivity index (χ0v) is 11.2. The molecule has 1 atom stereocenters. The van der Waals surface area contributed by atoms with E-state index in [1.54, 1.807) is 11.8 Å². The number of nitrogens with zero attached hydrogens (tertiary/aromatic N) is 4. The lowest BCUT2D eigenvalue weighted by Gasteiger charge is -2.25. The summed E-state index contributed by atoms with van der Waals surface area (Å²) in [5, 5.41) is 21.6. The molecule has 1 saturated carbocycles. The van der Waals surface area contributed by atoms with Crippen LogP contribution in [0.25, 0.3) is 0 Å². The van der Waals surface area contributed by atoms with Gasteiger partial charge in [0.25, 0.3) is 0 Å². The van der Waals surface area contributed by atoms with Crippen LogP contribution in [0.5, 0.6) is 0 Å². The molecule has 92 valence electrons. The first-order valence-corrected chi connectivity index (χ1v) is 6.70. The average molecular weight is 251 g/mol. The minimum Gasteiger partial charge on any atom is -0.309 e. The van der Waals surface area contributed by atoms with Crippen molar-refractivity contribution in [1.29, 1.82) is 5.26 Å². The second kappa shape index (κ2) is 4.67. The van der Waals surface area contributed by atoms with Crippen molar-refractivity contribution in [2.24, 2.45) is 13.0 Å². The van der Waals surface area contributed by atoms with Gasteiger partial charge < -0.3 is 9.88 Å². The molecular weight excluding hydrogens is 234 g/mol. The van der Waals surface area contributed by atoms with Gasteiger partial charge in [-0.05, 0) is 32.7 Å². The molecule has 2 rings (SSSR count). The Bertz CT molecular complexity index is 445. The van der Waals surface area contributed by atoms with Crippen molar-refractivity contribution < 1.29 is 0 Å². The summed E-state index contributed by atoms with van der Waals surface area (Å²) in [6.45, 7) is 1.92. The number of hydrogen-bond donors (Lipinski definition) is 1.